The third-order valence-electron chi connectivity index (χ3n) is 5.03. The molecule has 3 rings (SSSR count). The standard InChI is InChI=1S/C26H28O.3C2H6/c1-20-7-11-22(12-8-20)15-16-24(19-23-13-9-21(2)10-14-23)17-18-25-5-3-4-6-26(25)27;3*1-2/h3-14,17-18,24,27H,15-16,19H2,1-2H3;3*1-2H3/b18-17+;;;. The summed E-state index contributed by atoms with van der Waals surface area (Å²) in [5, 5.41) is 10.0. The van der Waals surface area contributed by atoms with Crippen LogP contribution < -0.4 is 0 Å². The Balaban J connectivity index is 0.00000158. The van der Waals surface area contributed by atoms with Gasteiger partial charge in [0.1, 0.15) is 5.75 Å². The topological polar surface area (TPSA) is 20.2 Å². The molecule has 0 aliphatic rings. The number of allylic oxidation sites excluding steroid dienone is 1. The molecule has 0 aliphatic carbocycles. The number of phenols is 1. The summed E-state index contributed by atoms with van der Waals surface area (Å²) >= 11 is 0. The fourth-order valence-corrected chi connectivity index (χ4v) is 3.27. The molecule has 33 heavy (non-hydrogen) atoms. The molecule has 3 aromatic rings. The van der Waals surface area contributed by atoms with E-state index in [-0.39, 0.29) is 0 Å². The molecule has 0 fully saturated rings. The van der Waals surface area contributed by atoms with Crippen LogP contribution in [0.5, 0.6) is 5.75 Å². The summed E-state index contributed by atoms with van der Waals surface area (Å²) < 4.78 is 0. The van der Waals surface area contributed by atoms with E-state index in [1.165, 1.54) is 22.3 Å². The van der Waals surface area contributed by atoms with Crippen molar-refractivity contribution in [2.45, 2.75) is 74.7 Å². The van der Waals surface area contributed by atoms with Gasteiger partial charge in [0.2, 0.25) is 0 Å². The first-order valence-corrected chi connectivity index (χ1v) is 12.7. The predicted molar refractivity (Wildman–Crippen MR) is 149 cm³/mol. The van der Waals surface area contributed by atoms with Gasteiger partial charge in [-0.05, 0) is 56.2 Å². The molecule has 0 saturated heterocycles. The normalized spacial score (nSPS) is 10.7. The minimum Gasteiger partial charge on any atom is -0.507 e. The summed E-state index contributed by atoms with van der Waals surface area (Å²) in [5.74, 6) is 0.759. The van der Waals surface area contributed by atoms with Crippen molar-refractivity contribution < 1.29 is 5.11 Å². The van der Waals surface area contributed by atoms with Crippen LogP contribution in [0, 0.1) is 19.8 Å². The Bertz CT molecular complexity index is 873. The Kier molecular flexibility index (Phi) is 17.2. The zero-order valence-electron chi connectivity index (χ0n) is 22.2. The van der Waals surface area contributed by atoms with Crippen LogP contribution in [0.2, 0.25) is 0 Å². The lowest BCUT2D eigenvalue weighted by atomic mass is 9.91. The minimum atomic E-state index is 0.335. The number of phenolic OH excluding ortho intramolecular Hbond substituents is 1. The molecule has 0 aliphatic heterocycles. The van der Waals surface area contributed by atoms with Crippen molar-refractivity contribution >= 4 is 6.08 Å². The van der Waals surface area contributed by atoms with Crippen molar-refractivity contribution in [3.8, 4) is 5.75 Å². The van der Waals surface area contributed by atoms with E-state index in [0.29, 0.717) is 11.7 Å². The number of hydrogen-bond donors (Lipinski definition) is 1. The van der Waals surface area contributed by atoms with Gasteiger partial charge in [-0.3, -0.25) is 0 Å². The highest BCUT2D eigenvalue weighted by Crippen LogP contribution is 2.22. The molecule has 1 atom stereocenters. The Morgan fingerprint density at radius 2 is 1.15 bits per heavy atom. The fourth-order valence-electron chi connectivity index (χ4n) is 3.27. The second-order valence-electron chi connectivity index (χ2n) is 7.39. The highest BCUT2D eigenvalue weighted by Gasteiger charge is 2.08. The monoisotopic (exact) mass is 446 g/mol. The van der Waals surface area contributed by atoms with Crippen LogP contribution in [-0.4, -0.2) is 5.11 Å². The van der Waals surface area contributed by atoms with E-state index in [2.05, 4.69) is 74.5 Å². The number of aromatic hydroxyl groups is 1. The molecule has 0 spiro atoms. The summed E-state index contributed by atoms with van der Waals surface area (Å²) in [6.07, 6.45) is 7.46. The van der Waals surface area contributed by atoms with E-state index in [4.69, 9.17) is 0 Å². The highest BCUT2D eigenvalue weighted by atomic mass is 16.3. The maximum absolute atomic E-state index is 10.0. The largest absolute Gasteiger partial charge is 0.507 e. The molecule has 0 radical (unpaired) electrons. The molecule has 0 heterocycles. The number of para-hydroxylation sites is 1. The first-order chi connectivity index (χ1) is 16.1. The van der Waals surface area contributed by atoms with E-state index >= 15 is 0 Å². The molecule has 0 amide bonds. The Morgan fingerprint density at radius 3 is 1.67 bits per heavy atom. The maximum Gasteiger partial charge on any atom is 0.122 e. The third-order valence-corrected chi connectivity index (χ3v) is 5.03. The van der Waals surface area contributed by atoms with Crippen LogP contribution in [0.15, 0.2) is 78.9 Å². The van der Waals surface area contributed by atoms with Crippen molar-refractivity contribution in [2.75, 3.05) is 0 Å². The lowest BCUT2D eigenvalue weighted by Gasteiger charge is -2.14. The second-order valence-corrected chi connectivity index (χ2v) is 7.39. The van der Waals surface area contributed by atoms with Gasteiger partial charge in [0.25, 0.3) is 0 Å². The van der Waals surface area contributed by atoms with Gasteiger partial charge in [0, 0.05) is 5.56 Å². The van der Waals surface area contributed by atoms with Gasteiger partial charge < -0.3 is 5.11 Å². The van der Waals surface area contributed by atoms with Crippen LogP contribution in [0.3, 0.4) is 0 Å². The zero-order valence-corrected chi connectivity index (χ0v) is 22.2. The van der Waals surface area contributed by atoms with Crippen molar-refractivity contribution in [2.24, 2.45) is 5.92 Å². The van der Waals surface area contributed by atoms with Crippen molar-refractivity contribution in [1.29, 1.82) is 0 Å². The SMILES string of the molecule is CC.CC.CC.Cc1ccc(CCC(/C=C/c2ccccc2O)Cc2ccc(C)cc2)cc1. The molecule has 0 aromatic heterocycles. The summed E-state index contributed by atoms with van der Waals surface area (Å²) in [6, 6.07) is 25.1. The van der Waals surface area contributed by atoms with E-state index in [1.54, 1.807) is 6.07 Å². The van der Waals surface area contributed by atoms with E-state index < -0.39 is 0 Å². The van der Waals surface area contributed by atoms with Crippen LogP contribution in [0.25, 0.3) is 6.08 Å². The third kappa shape index (κ3) is 12.1. The number of rotatable bonds is 7. The van der Waals surface area contributed by atoms with E-state index in [0.717, 1.165) is 24.8 Å². The second kappa shape index (κ2) is 18.7. The minimum absolute atomic E-state index is 0.335. The molecule has 1 heteroatoms. The molecule has 0 bridgehead atoms. The molecular weight excluding hydrogens is 400 g/mol. The first-order valence-electron chi connectivity index (χ1n) is 12.7. The van der Waals surface area contributed by atoms with Gasteiger partial charge in [-0.2, -0.15) is 0 Å². The van der Waals surface area contributed by atoms with Gasteiger partial charge in [-0.15, -0.1) is 0 Å². The molecule has 180 valence electrons. The average molecular weight is 447 g/mol. The average Bonchev–Trinajstić information content (AvgIpc) is 2.87. The molecule has 1 N–H and O–H groups in total. The van der Waals surface area contributed by atoms with Crippen molar-refractivity contribution in [3.63, 3.8) is 0 Å². The van der Waals surface area contributed by atoms with Gasteiger partial charge in [-0.25, -0.2) is 0 Å². The quantitative estimate of drug-likeness (QED) is 0.383. The Labute approximate surface area is 204 Å². The smallest absolute Gasteiger partial charge is 0.122 e. The molecule has 0 saturated carbocycles. The lowest BCUT2D eigenvalue weighted by Crippen LogP contribution is -2.04. The number of aryl methyl sites for hydroxylation is 3. The predicted octanol–water partition coefficient (Wildman–Crippen LogP) is 9.59. The van der Waals surface area contributed by atoms with Crippen LogP contribution >= 0.6 is 0 Å². The summed E-state index contributed by atoms with van der Waals surface area (Å²) in [7, 11) is 0. The van der Waals surface area contributed by atoms with Crippen LogP contribution in [-0.2, 0) is 12.8 Å². The van der Waals surface area contributed by atoms with Gasteiger partial charge in [0.05, 0.1) is 0 Å². The van der Waals surface area contributed by atoms with Crippen molar-refractivity contribution in [1.82, 2.24) is 0 Å². The van der Waals surface area contributed by atoms with Crippen LogP contribution in [0.1, 0.15) is 75.8 Å². The van der Waals surface area contributed by atoms with E-state index in [9.17, 15) is 5.11 Å². The Hall–Kier alpha value is -2.80. The molecule has 1 unspecified atom stereocenters. The zero-order chi connectivity index (χ0) is 25.1. The van der Waals surface area contributed by atoms with Gasteiger partial charge in [-0.1, -0.05) is 132 Å². The fraction of sp³-hybridized carbons (Fsp3) is 0.375. The van der Waals surface area contributed by atoms with E-state index in [1.807, 2.05) is 59.7 Å². The molecular formula is C32H46O. The number of benzene rings is 3. The highest BCUT2D eigenvalue weighted by molar-refractivity contribution is 5.56. The molecule has 3 aromatic carbocycles. The lowest BCUT2D eigenvalue weighted by molar-refractivity contribution is 0.474. The summed E-state index contributed by atoms with van der Waals surface area (Å²) in [4.78, 5) is 0. The summed E-state index contributed by atoms with van der Waals surface area (Å²) in [6.45, 7) is 16.2. The van der Waals surface area contributed by atoms with Crippen molar-refractivity contribution in [3.05, 3.63) is 107 Å². The first kappa shape index (κ1) is 30.2. The number of hydrogen-bond acceptors (Lipinski definition) is 1. The van der Waals surface area contributed by atoms with Gasteiger partial charge in [0.15, 0.2) is 0 Å². The molecule has 1 nitrogen and oxygen atoms in total. The van der Waals surface area contributed by atoms with Crippen LogP contribution in [0.4, 0.5) is 0 Å². The summed E-state index contributed by atoms with van der Waals surface area (Å²) in [5.41, 5.74) is 6.21. The van der Waals surface area contributed by atoms with Gasteiger partial charge >= 0.3 is 0 Å². The Morgan fingerprint density at radius 1 is 0.667 bits per heavy atom. The maximum atomic E-state index is 10.0.